The summed E-state index contributed by atoms with van der Waals surface area (Å²) in [6.07, 6.45) is 2.05. The average Bonchev–Trinajstić information content (AvgIpc) is 2.72. The second kappa shape index (κ2) is 9.94. The molecular formula is C20H22FN5O5. The number of nitrogens with two attached hydrogens (primary N) is 1. The quantitative estimate of drug-likeness (QED) is 0.319. The van der Waals surface area contributed by atoms with E-state index in [2.05, 4.69) is 9.97 Å². The SMILES string of the molecule is N=C(N)CC(=O)OCc1cccc(-c2cnc(N3CCOC(CC(=O)O)C3)nc2)c1F. The number of morpholine rings is 1. The maximum absolute atomic E-state index is 14.9. The van der Waals surface area contributed by atoms with Crippen molar-refractivity contribution in [2.75, 3.05) is 24.6 Å². The molecule has 2 heterocycles. The third-order valence-electron chi connectivity index (χ3n) is 4.58. The average molecular weight is 431 g/mol. The van der Waals surface area contributed by atoms with E-state index < -0.39 is 23.9 Å². The standard InChI is InChI=1S/C20H22FN5O5/c21-19-12(11-31-18(29)7-16(22)23)2-1-3-15(19)13-8-24-20(25-9-13)26-4-5-30-14(10-26)6-17(27)28/h1-3,8-9,14H,4-7,10-11H2,(H3,22,23)(H,27,28). The first kappa shape index (κ1) is 22.1. The number of amidine groups is 1. The van der Waals surface area contributed by atoms with Gasteiger partial charge in [-0.25, -0.2) is 14.4 Å². The molecule has 1 aliphatic heterocycles. The van der Waals surface area contributed by atoms with Crippen LogP contribution in [0.15, 0.2) is 30.6 Å². The lowest BCUT2D eigenvalue weighted by Crippen LogP contribution is -2.44. The number of carboxylic acid groups (broad SMARTS) is 1. The lowest BCUT2D eigenvalue weighted by molar-refractivity contribution is -0.143. The Bertz CT molecular complexity index is 969. The van der Waals surface area contributed by atoms with Gasteiger partial charge >= 0.3 is 11.9 Å². The molecule has 1 aliphatic rings. The third kappa shape index (κ3) is 5.95. The fourth-order valence-electron chi connectivity index (χ4n) is 3.12. The van der Waals surface area contributed by atoms with E-state index in [1.807, 2.05) is 4.90 Å². The predicted molar refractivity (Wildman–Crippen MR) is 108 cm³/mol. The zero-order valence-electron chi connectivity index (χ0n) is 16.6. The second-order valence-corrected chi connectivity index (χ2v) is 6.95. The zero-order chi connectivity index (χ0) is 22.4. The van der Waals surface area contributed by atoms with Crippen molar-refractivity contribution in [3.8, 4) is 11.1 Å². The number of anilines is 1. The monoisotopic (exact) mass is 431 g/mol. The Balaban J connectivity index is 1.70. The molecule has 1 atom stereocenters. The normalized spacial score (nSPS) is 16.0. The van der Waals surface area contributed by atoms with Gasteiger partial charge in [0.25, 0.3) is 0 Å². The number of hydrogen-bond acceptors (Lipinski definition) is 8. The number of nitrogens with one attached hydrogen (secondary N) is 1. The molecule has 1 aromatic carbocycles. The summed E-state index contributed by atoms with van der Waals surface area (Å²) in [7, 11) is 0. The molecular weight excluding hydrogens is 409 g/mol. The minimum absolute atomic E-state index is 0.108. The topological polar surface area (TPSA) is 152 Å². The largest absolute Gasteiger partial charge is 0.481 e. The summed E-state index contributed by atoms with van der Waals surface area (Å²) in [6, 6.07) is 4.68. The van der Waals surface area contributed by atoms with Gasteiger partial charge in [0.05, 0.1) is 19.1 Å². The van der Waals surface area contributed by atoms with Crippen LogP contribution in [-0.2, 0) is 25.7 Å². The molecule has 11 heteroatoms. The fraction of sp³-hybridized carbons (Fsp3) is 0.350. The van der Waals surface area contributed by atoms with E-state index in [0.717, 1.165) is 0 Å². The number of carbonyl (C=O) groups excluding carboxylic acids is 1. The summed E-state index contributed by atoms with van der Waals surface area (Å²) in [6.45, 7) is 0.942. The van der Waals surface area contributed by atoms with Crippen LogP contribution in [0.25, 0.3) is 11.1 Å². The summed E-state index contributed by atoms with van der Waals surface area (Å²) < 4.78 is 25.3. The molecule has 0 saturated carbocycles. The number of ether oxygens (including phenoxy) is 2. The van der Waals surface area contributed by atoms with Gasteiger partial charge in [-0.15, -0.1) is 0 Å². The number of benzene rings is 1. The van der Waals surface area contributed by atoms with Crippen molar-refractivity contribution in [3.63, 3.8) is 0 Å². The molecule has 0 bridgehead atoms. The van der Waals surface area contributed by atoms with Crippen molar-refractivity contribution in [2.24, 2.45) is 5.73 Å². The van der Waals surface area contributed by atoms with Gasteiger partial charge in [0.15, 0.2) is 0 Å². The van der Waals surface area contributed by atoms with E-state index in [4.69, 9.17) is 25.7 Å². The number of aliphatic carboxylic acids is 1. The Morgan fingerprint density at radius 2 is 2.10 bits per heavy atom. The molecule has 1 fully saturated rings. The number of hydrogen-bond donors (Lipinski definition) is 3. The first-order chi connectivity index (χ1) is 14.8. The van der Waals surface area contributed by atoms with Crippen LogP contribution in [0.4, 0.5) is 10.3 Å². The van der Waals surface area contributed by atoms with Crippen LogP contribution in [-0.4, -0.2) is 58.6 Å². The molecule has 4 N–H and O–H groups in total. The molecule has 0 aliphatic carbocycles. The van der Waals surface area contributed by atoms with Crippen molar-refractivity contribution in [1.29, 1.82) is 5.41 Å². The molecule has 1 saturated heterocycles. The number of nitrogens with zero attached hydrogens (tertiary/aromatic N) is 3. The van der Waals surface area contributed by atoms with Crippen LogP contribution in [0.3, 0.4) is 0 Å². The van der Waals surface area contributed by atoms with Crippen LogP contribution < -0.4 is 10.6 Å². The lowest BCUT2D eigenvalue weighted by Gasteiger charge is -2.32. The summed E-state index contributed by atoms with van der Waals surface area (Å²) in [4.78, 5) is 32.8. The van der Waals surface area contributed by atoms with Gasteiger partial charge in [0.2, 0.25) is 5.95 Å². The van der Waals surface area contributed by atoms with Crippen LogP contribution in [0.5, 0.6) is 0 Å². The predicted octanol–water partition coefficient (Wildman–Crippen LogP) is 1.33. The molecule has 0 radical (unpaired) electrons. The first-order valence-electron chi connectivity index (χ1n) is 9.50. The van der Waals surface area contributed by atoms with Gasteiger partial charge in [-0.3, -0.25) is 15.0 Å². The number of halogens is 1. The lowest BCUT2D eigenvalue weighted by atomic mass is 10.1. The minimum atomic E-state index is -0.939. The molecule has 3 rings (SSSR count). The molecule has 2 aromatic rings. The number of aromatic nitrogens is 2. The number of esters is 1. The summed E-state index contributed by atoms with van der Waals surface area (Å²) in [5.41, 5.74) is 6.00. The van der Waals surface area contributed by atoms with E-state index >= 15 is 0 Å². The van der Waals surface area contributed by atoms with Crippen LogP contribution in [0.2, 0.25) is 0 Å². The Morgan fingerprint density at radius 3 is 2.77 bits per heavy atom. The highest BCUT2D eigenvalue weighted by molar-refractivity contribution is 5.94. The van der Waals surface area contributed by atoms with Gasteiger partial charge in [-0.05, 0) is 0 Å². The van der Waals surface area contributed by atoms with Crippen molar-refractivity contribution in [2.45, 2.75) is 25.6 Å². The van der Waals surface area contributed by atoms with E-state index in [-0.39, 0.29) is 36.4 Å². The number of carboxylic acids is 1. The number of carbonyl (C=O) groups is 2. The Labute approximate surface area is 177 Å². The summed E-state index contributed by atoms with van der Waals surface area (Å²) >= 11 is 0. The minimum Gasteiger partial charge on any atom is -0.481 e. The summed E-state index contributed by atoms with van der Waals surface area (Å²) in [5, 5.41) is 16.0. The highest BCUT2D eigenvalue weighted by Crippen LogP contribution is 2.25. The fourth-order valence-corrected chi connectivity index (χ4v) is 3.12. The smallest absolute Gasteiger partial charge is 0.313 e. The second-order valence-electron chi connectivity index (χ2n) is 6.95. The maximum Gasteiger partial charge on any atom is 0.313 e. The van der Waals surface area contributed by atoms with Gasteiger partial charge in [0.1, 0.15) is 24.7 Å². The molecule has 31 heavy (non-hydrogen) atoms. The van der Waals surface area contributed by atoms with E-state index in [1.165, 1.54) is 18.5 Å². The van der Waals surface area contributed by atoms with Crippen molar-refractivity contribution < 1.29 is 28.6 Å². The van der Waals surface area contributed by atoms with Gasteiger partial charge in [-0.1, -0.05) is 18.2 Å². The van der Waals surface area contributed by atoms with Gasteiger partial charge in [0, 0.05) is 42.2 Å². The molecule has 0 amide bonds. The van der Waals surface area contributed by atoms with E-state index in [1.54, 1.807) is 12.1 Å². The van der Waals surface area contributed by atoms with Gasteiger partial charge in [-0.2, -0.15) is 0 Å². The Kier molecular flexibility index (Phi) is 7.08. The molecule has 1 unspecified atom stereocenters. The molecule has 0 spiro atoms. The van der Waals surface area contributed by atoms with E-state index in [0.29, 0.717) is 31.2 Å². The third-order valence-corrected chi connectivity index (χ3v) is 4.58. The molecule has 10 nitrogen and oxygen atoms in total. The van der Waals surface area contributed by atoms with Crippen molar-refractivity contribution in [3.05, 3.63) is 42.0 Å². The van der Waals surface area contributed by atoms with Gasteiger partial charge < -0.3 is 25.2 Å². The highest BCUT2D eigenvalue weighted by atomic mass is 19.1. The Hall–Kier alpha value is -3.60. The van der Waals surface area contributed by atoms with Crippen LogP contribution in [0, 0.1) is 11.2 Å². The maximum atomic E-state index is 14.9. The van der Waals surface area contributed by atoms with Crippen molar-refractivity contribution in [1.82, 2.24) is 9.97 Å². The van der Waals surface area contributed by atoms with Crippen molar-refractivity contribution >= 4 is 23.7 Å². The first-order valence-corrected chi connectivity index (χ1v) is 9.50. The zero-order valence-corrected chi connectivity index (χ0v) is 16.6. The summed E-state index contributed by atoms with van der Waals surface area (Å²) in [5.74, 6) is -2.15. The Morgan fingerprint density at radius 1 is 1.35 bits per heavy atom. The number of rotatable bonds is 8. The highest BCUT2D eigenvalue weighted by Gasteiger charge is 2.24. The van der Waals surface area contributed by atoms with Crippen LogP contribution >= 0.6 is 0 Å². The molecule has 1 aromatic heterocycles. The molecule has 164 valence electrons. The van der Waals surface area contributed by atoms with E-state index in [9.17, 15) is 14.0 Å². The van der Waals surface area contributed by atoms with Crippen LogP contribution in [0.1, 0.15) is 18.4 Å².